The molecule has 4 rings (SSSR count). The van der Waals surface area contributed by atoms with Gasteiger partial charge in [0, 0.05) is 27.5 Å². The maximum atomic E-state index is 11.4. The molecule has 1 aliphatic heterocycles. The lowest BCUT2D eigenvalue weighted by molar-refractivity contribution is -0.0324. The maximum Gasteiger partial charge on any atom is 0.342 e. The fraction of sp³-hybridized carbons (Fsp3) is 0.562. The van der Waals surface area contributed by atoms with Gasteiger partial charge in [-0.25, -0.2) is 0 Å². The van der Waals surface area contributed by atoms with E-state index < -0.39 is 9.24 Å². The summed E-state index contributed by atoms with van der Waals surface area (Å²) in [6.07, 6.45) is 6.32. The number of halogens is 2. The van der Waals surface area contributed by atoms with Crippen molar-refractivity contribution in [3.05, 3.63) is 34.3 Å². The summed E-state index contributed by atoms with van der Waals surface area (Å²) in [7, 11) is 1.34. The van der Waals surface area contributed by atoms with Crippen LogP contribution in [0, 0.1) is 0 Å². The molecule has 0 amide bonds. The molecule has 0 radical (unpaired) electrons. The SMILES string of the molecule is O=S(=O)(Cl)/N=C1/CC23CCCCC2(CCc2ccc(Cl)cc23)O1. The average molecular weight is 374 g/mol. The molecule has 1 heterocycles. The minimum atomic E-state index is -3.98. The molecule has 1 aromatic rings. The molecule has 2 fully saturated rings. The lowest BCUT2D eigenvalue weighted by Crippen LogP contribution is -2.53. The Morgan fingerprint density at radius 3 is 2.74 bits per heavy atom. The van der Waals surface area contributed by atoms with Gasteiger partial charge < -0.3 is 4.74 Å². The van der Waals surface area contributed by atoms with Crippen LogP contribution in [0.5, 0.6) is 0 Å². The Morgan fingerprint density at radius 2 is 1.96 bits per heavy atom. The molecule has 3 aliphatic rings. The van der Waals surface area contributed by atoms with Gasteiger partial charge in [0.2, 0.25) is 5.90 Å². The van der Waals surface area contributed by atoms with Gasteiger partial charge in [-0.3, -0.25) is 0 Å². The van der Waals surface area contributed by atoms with Gasteiger partial charge in [-0.1, -0.05) is 24.1 Å². The smallest absolute Gasteiger partial charge is 0.342 e. The third-order valence-corrected chi connectivity index (χ3v) is 6.53. The first kappa shape index (κ1) is 15.7. The van der Waals surface area contributed by atoms with Gasteiger partial charge in [-0.15, -0.1) is 4.40 Å². The van der Waals surface area contributed by atoms with Crippen LogP contribution in [0.25, 0.3) is 0 Å². The molecule has 2 unspecified atom stereocenters. The number of hydrogen-bond acceptors (Lipinski definition) is 3. The molecular formula is C16H17Cl2NO3S. The first-order valence-corrected chi connectivity index (χ1v) is 10.5. The molecule has 1 aromatic carbocycles. The van der Waals surface area contributed by atoms with E-state index >= 15 is 0 Å². The Morgan fingerprint density at radius 1 is 1.17 bits per heavy atom. The zero-order valence-corrected chi connectivity index (χ0v) is 14.8. The number of fused-ring (bicyclic) bond motifs is 1. The zero-order valence-electron chi connectivity index (χ0n) is 12.5. The van der Waals surface area contributed by atoms with Crippen molar-refractivity contribution < 1.29 is 13.2 Å². The molecule has 0 aromatic heterocycles. The van der Waals surface area contributed by atoms with Gasteiger partial charge >= 0.3 is 9.24 Å². The molecule has 0 spiro atoms. The number of aryl methyl sites for hydroxylation is 1. The number of rotatable bonds is 1. The van der Waals surface area contributed by atoms with Crippen LogP contribution in [0.4, 0.5) is 0 Å². The Hall–Kier alpha value is -0.780. The number of nitrogens with zero attached hydrogens (tertiary/aromatic N) is 1. The van der Waals surface area contributed by atoms with Crippen molar-refractivity contribution in [2.75, 3.05) is 0 Å². The van der Waals surface area contributed by atoms with Gasteiger partial charge in [-0.2, -0.15) is 8.42 Å². The first-order valence-electron chi connectivity index (χ1n) is 7.85. The Balaban J connectivity index is 1.90. The molecule has 0 N–H and O–H groups in total. The fourth-order valence-corrected chi connectivity index (χ4v) is 5.58. The quantitative estimate of drug-likeness (QED) is 0.695. The summed E-state index contributed by atoms with van der Waals surface area (Å²) in [5.74, 6) is 0.245. The largest absolute Gasteiger partial charge is 0.473 e. The highest BCUT2D eigenvalue weighted by atomic mass is 35.7. The molecular weight excluding hydrogens is 357 g/mol. The monoisotopic (exact) mass is 373 g/mol. The van der Waals surface area contributed by atoms with E-state index in [4.69, 9.17) is 27.0 Å². The summed E-state index contributed by atoms with van der Waals surface area (Å²) in [5.41, 5.74) is 1.88. The summed E-state index contributed by atoms with van der Waals surface area (Å²) < 4.78 is 32.5. The molecule has 1 saturated heterocycles. The van der Waals surface area contributed by atoms with Crippen molar-refractivity contribution in [2.45, 2.75) is 56.0 Å². The van der Waals surface area contributed by atoms with Crippen LogP contribution in [-0.4, -0.2) is 19.9 Å². The van der Waals surface area contributed by atoms with E-state index in [0.717, 1.165) is 38.5 Å². The highest BCUT2D eigenvalue weighted by Gasteiger charge is 2.63. The molecule has 7 heteroatoms. The second-order valence-electron chi connectivity index (χ2n) is 6.76. The van der Waals surface area contributed by atoms with Crippen LogP contribution in [0.1, 0.15) is 49.7 Å². The topological polar surface area (TPSA) is 55.7 Å². The molecule has 2 atom stereocenters. The second kappa shape index (κ2) is 5.11. The van der Waals surface area contributed by atoms with Crippen molar-refractivity contribution in [3.8, 4) is 0 Å². The van der Waals surface area contributed by atoms with Crippen LogP contribution < -0.4 is 0 Å². The highest BCUT2D eigenvalue weighted by molar-refractivity contribution is 8.12. The third kappa shape index (κ3) is 2.39. The van der Waals surface area contributed by atoms with Gasteiger partial charge in [-0.05, 0) is 55.4 Å². The summed E-state index contributed by atoms with van der Waals surface area (Å²) in [4.78, 5) is 0. The normalized spacial score (nSPS) is 34.4. The predicted molar refractivity (Wildman–Crippen MR) is 90.6 cm³/mol. The fourth-order valence-electron chi connectivity index (χ4n) is 4.83. The van der Waals surface area contributed by atoms with Crippen LogP contribution in [0.15, 0.2) is 22.6 Å². The number of benzene rings is 1. The minimum Gasteiger partial charge on any atom is -0.473 e. The maximum absolute atomic E-state index is 11.4. The van der Waals surface area contributed by atoms with Gasteiger partial charge in [0.15, 0.2) is 0 Å². The Kier molecular flexibility index (Phi) is 3.49. The van der Waals surface area contributed by atoms with E-state index in [1.807, 2.05) is 12.1 Å². The van der Waals surface area contributed by atoms with Crippen molar-refractivity contribution >= 4 is 37.4 Å². The molecule has 4 nitrogen and oxygen atoms in total. The zero-order chi connectivity index (χ0) is 16.3. The molecule has 2 aliphatic carbocycles. The summed E-state index contributed by atoms with van der Waals surface area (Å²) >= 11 is 6.25. The second-order valence-corrected chi connectivity index (χ2v) is 9.37. The van der Waals surface area contributed by atoms with Crippen LogP contribution in [0.3, 0.4) is 0 Å². The Bertz CT molecular complexity index is 808. The van der Waals surface area contributed by atoms with Gasteiger partial charge in [0.25, 0.3) is 0 Å². The van der Waals surface area contributed by atoms with Gasteiger partial charge in [0.1, 0.15) is 5.60 Å². The van der Waals surface area contributed by atoms with Crippen LogP contribution >= 0.6 is 22.3 Å². The third-order valence-electron chi connectivity index (χ3n) is 5.67. The first-order chi connectivity index (χ1) is 10.8. The van der Waals surface area contributed by atoms with E-state index in [1.54, 1.807) is 0 Å². The van der Waals surface area contributed by atoms with Gasteiger partial charge in [0.05, 0.1) is 0 Å². The minimum absolute atomic E-state index is 0.232. The average Bonchev–Trinajstić information content (AvgIpc) is 2.79. The highest BCUT2D eigenvalue weighted by Crippen LogP contribution is 2.60. The van der Waals surface area contributed by atoms with Crippen molar-refractivity contribution in [1.82, 2.24) is 0 Å². The summed E-state index contributed by atoms with van der Waals surface area (Å²) in [6.45, 7) is 0. The lowest BCUT2D eigenvalue weighted by Gasteiger charge is -2.51. The van der Waals surface area contributed by atoms with E-state index in [-0.39, 0.29) is 16.9 Å². The van der Waals surface area contributed by atoms with E-state index in [9.17, 15) is 8.42 Å². The predicted octanol–water partition coefficient (Wildman–Crippen LogP) is 4.14. The Labute approximate surface area is 145 Å². The van der Waals surface area contributed by atoms with Crippen molar-refractivity contribution in [1.29, 1.82) is 0 Å². The van der Waals surface area contributed by atoms with Crippen LogP contribution in [-0.2, 0) is 25.8 Å². The van der Waals surface area contributed by atoms with Crippen molar-refractivity contribution in [3.63, 3.8) is 0 Å². The standard InChI is InChI=1S/C16H17Cl2NO3S/c17-12-4-3-11-5-8-16-7-2-1-6-15(16,13(11)9-12)10-14(22-16)19-23(18,20)21/h3-4,9H,1-2,5-8,10H2/b19-14-. The van der Waals surface area contributed by atoms with Crippen molar-refractivity contribution in [2.24, 2.45) is 4.40 Å². The summed E-state index contributed by atoms with van der Waals surface area (Å²) in [6, 6.07) is 6.02. The lowest BCUT2D eigenvalue weighted by atomic mass is 9.54. The molecule has 23 heavy (non-hydrogen) atoms. The molecule has 0 bridgehead atoms. The molecule has 1 saturated carbocycles. The number of hydrogen-bond donors (Lipinski definition) is 0. The van der Waals surface area contributed by atoms with Crippen LogP contribution in [0.2, 0.25) is 5.02 Å². The van der Waals surface area contributed by atoms with E-state index in [2.05, 4.69) is 10.5 Å². The summed E-state index contributed by atoms with van der Waals surface area (Å²) in [5, 5.41) is 0.704. The van der Waals surface area contributed by atoms with E-state index in [1.165, 1.54) is 11.1 Å². The molecule has 124 valence electrons. The van der Waals surface area contributed by atoms with E-state index in [0.29, 0.717) is 11.4 Å². The number of ether oxygens (including phenoxy) is 1.